The molecule has 0 atom stereocenters. The summed E-state index contributed by atoms with van der Waals surface area (Å²) in [4.78, 5) is 0. The molecule has 1 N–H and O–H groups in total. The van der Waals surface area contributed by atoms with Crippen LogP contribution in [-0.2, 0) is 17.8 Å². The number of ether oxygens (including phenoxy) is 2. The first kappa shape index (κ1) is 18.5. The second-order valence-electron chi connectivity index (χ2n) is 5.23. The van der Waals surface area contributed by atoms with Gasteiger partial charge in [-0.1, -0.05) is 24.6 Å². The molecule has 0 aliphatic rings. The van der Waals surface area contributed by atoms with Crippen LogP contribution in [0.2, 0.25) is 5.02 Å². The van der Waals surface area contributed by atoms with Crippen LogP contribution in [0, 0.1) is 12.7 Å². The van der Waals surface area contributed by atoms with Gasteiger partial charge in [0.1, 0.15) is 18.2 Å². The number of nitrogens with one attached hydrogen (secondary N) is 1. The lowest BCUT2D eigenvalue weighted by Gasteiger charge is -2.15. The van der Waals surface area contributed by atoms with Crippen molar-refractivity contribution in [2.24, 2.45) is 0 Å². The van der Waals surface area contributed by atoms with Crippen molar-refractivity contribution in [3.8, 4) is 5.75 Å². The minimum atomic E-state index is -0.392. The highest BCUT2D eigenvalue weighted by Crippen LogP contribution is 2.30. The number of hydrogen-bond donors (Lipinski definition) is 1. The Hall–Kier alpha value is -1.85. The molecule has 2 rings (SSSR count). The molecule has 0 amide bonds. The van der Waals surface area contributed by atoms with Crippen LogP contribution in [0.25, 0.3) is 0 Å². The van der Waals surface area contributed by atoms with Crippen molar-refractivity contribution >= 4 is 34.7 Å². The molecule has 0 saturated carbocycles. The van der Waals surface area contributed by atoms with Gasteiger partial charge in [-0.25, -0.2) is 4.39 Å². The molecule has 0 bridgehead atoms. The third-order valence-corrected chi connectivity index (χ3v) is 4.25. The Morgan fingerprint density at radius 1 is 1.33 bits per heavy atom. The molecule has 128 valence electrons. The number of rotatable bonds is 5. The molecule has 6 heteroatoms. The molecule has 0 aliphatic carbocycles. The van der Waals surface area contributed by atoms with Gasteiger partial charge in [0.2, 0.25) is 0 Å². The van der Waals surface area contributed by atoms with Gasteiger partial charge < -0.3 is 14.8 Å². The molecule has 0 heterocycles. The minimum Gasteiger partial charge on any atom is -0.487 e. The van der Waals surface area contributed by atoms with Gasteiger partial charge in [-0.2, -0.15) is 0 Å². The molecule has 0 radical (unpaired) electrons. The van der Waals surface area contributed by atoms with Crippen molar-refractivity contribution in [2.45, 2.75) is 26.9 Å². The predicted molar refractivity (Wildman–Crippen MR) is 99.5 cm³/mol. The fraction of sp³-hybridized carbons (Fsp3) is 0.278. The van der Waals surface area contributed by atoms with E-state index in [1.54, 1.807) is 12.1 Å². The minimum absolute atomic E-state index is 0.0198. The maximum Gasteiger partial charge on any atom is 0.260 e. The molecule has 0 aliphatic heterocycles. The molecule has 0 aromatic heterocycles. The first-order valence-electron chi connectivity index (χ1n) is 7.50. The predicted octanol–water partition coefficient (Wildman–Crippen LogP) is 5.27. The van der Waals surface area contributed by atoms with E-state index in [1.165, 1.54) is 13.2 Å². The number of aryl methyl sites for hydroxylation is 2. The van der Waals surface area contributed by atoms with E-state index >= 15 is 0 Å². The fourth-order valence-corrected chi connectivity index (χ4v) is 2.67. The Labute approximate surface area is 151 Å². The second-order valence-corrected chi connectivity index (χ2v) is 6.01. The van der Waals surface area contributed by atoms with Crippen molar-refractivity contribution in [3.63, 3.8) is 0 Å². The lowest BCUT2D eigenvalue weighted by atomic mass is 10.1. The van der Waals surface area contributed by atoms with E-state index in [9.17, 15) is 4.39 Å². The van der Waals surface area contributed by atoms with Crippen molar-refractivity contribution in [1.29, 1.82) is 0 Å². The summed E-state index contributed by atoms with van der Waals surface area (Å²) in [6.07, 6.45) is 0.891. The second kappa shape index (κ2) is 8.31. The lowest BCUT2D eigenvalue weighted by Crippen LogP contribution is -2.14. The summed E-state index contributed by atoms with van der Waals surface area (Å²) in [6, 6.07) is 8.42. The van der Waals surface area contributed by atoms with Gasteiger partial charge in [-0.05, 0) is 61.0 Å². The molecule has 2 aromatic carbocycles. The maximum atomic E-state index is 14.2. The molecule has 0 spiro atoms. The number of methoxy groups -OCH3 is 1. The average molecular weight is 368 g/mol. The Bertz CT molecular complexity index is 752. The SMILES string of the molecule is CCc1cc(Cl)c(OCc2c(F)cccc2NC(=S)OC)cc1C. The van der Waals surface area contributed by atoms with E-state index in [2.05, 4.69) is 12.2 Å². The smallest absolute Gasteiger partial charge is 0.260 e. The van der Waals surface area contributed by atoms with Gasteiger partial charge >= 0.3 is 0 Å². The highest BCUT2D eigenvalue weighted by Gasteiger charge is 2.13. The third-order valence-electron chi connectivity index (χ3n) is 3.68. The first-order valence-corrected chi connectivity index (χ1v) is 8.29. The molecular weight excluding hydrogens is 349 g/mol. The van der Waals surface area contributed by atoms with Crippen LogP contribution in [0.15, 0.2) is 30.3 Å². The summed E-state index contributed by atoms with van der Waals surface area (Å²) in [5, 5.41) is 3.50. The fourth-order valence-electron chi connectivity index (χ4n) is 2.32. The van der Waals surface area contributed by atoms with Crippen molar-refractivity contribution in [3.05, 3.63) is 57.9 Å². The quantitative estimate of drug-likeness (QED) is 0.729. The molecule has 0 unspecified atom stereocenters. The van der Waals surface area contributed by atoms with E-state index in [4.69, 9.17) is 33.3 Å². The number of halogens is 2. The largest absolute Gasteiger partial charge is 0.487 e. The third kappa shape index (κ3) is 4.36. The van der Waals surface area contributed by atoms with E-state index in [0.717, 1.165) is 17.5 Å². The number of benzene rings is 2. The van der Waals surface area contributed by atoms with Crippen LogP contribution in [0.4, 0.5) is 10.1 Å². The molecule has 3 nitrogen and oxygen atoms in total. The van der Waals surface area contributed by atoms with Gasteiger partial charge in [-0.15, -0.1) is 0 Å². The number of anilines is 1. The van der Waals surface area contributed by atoms with Crippen molar-refractivity contribution < 1.29 is 13.9 Å². The van der Waals surface area contributed by atoms with Crippen LogP contribution in [0.1, 0.15) is 23.6 Å². The standard InChI is InChI=1S/C18H19ClFNO2S/c1-4-12-9-14(19)17(8-11(12)2)23-10-13-15(20)6-5-7-16(13)21-18(24)22-3/h5-9H,4,10H2,1-3H3,(H,21,24). The summed E-state index contributed by atoms with van der Waals surface area (Å²) < 4.78 is 24.8. The van der Waals surface area contributed by atoms with Crippen LogP contribution in [0.3, 0.4) is 0 Å². The van der Waals surface area contributed by atoms with Crippen LogP contribution in [-0.4, -0.2) is 12.3 Å². The summed E-state index contributed by atoms with van der Waals surface area (Å²) in [5.41, 5.74) is 3.10. The molecule has 0 fully saturated rings. The Morgan fingerprint density at radius 3 is 2.75 bits per heavy atom. The highest BCUT2D eigenvalue weighted by molar-refractivity contribution is 7.80. The van der Waals surface area contributed by atoms with Gasteiger partial charge in [0.05, 0.1) is 17.8 Å². The zero-order valence-corrected chi connectivity index (χ0v) is 15.4. The normalized spacial score (nSPS) is 10.4. The van der Waals surface area contributed by atoms with E-state index in [1.807, 2.05) is 19.1 Å². The van der Waals surface area contributed by atoms with Crippen LogP contribution >= 0.6 is 23.8 Å². The van der Waals surface area contributed by atoms with Crippen LogP contribution in [0.5, 0.6) is 5.75 Å². The summed E-state index contributed by atoms with van der Waals surface area (Å²) in [7, 11) is 1.45. The summed E-state index contributed by atoms with van der Waals surface area (Å²) in [6.45, 7) is 4.08. The maximum absolute atomic E-state index is 14.2. The molecule has 2 aromatic rings. The summed E-state index contributed by atoms with van der Waals surface area (Å²) >= 11 is 11.2. The monoisotopic (exact) mass is 367 g/mol. The van der Waals surface area contributed by atoms with Gasteiger partial charge in [0, 0.05) is 5.56 Å². The molecule has 24 heavy (non-hydrogen) atoms. The molecule has 0 saturated heterocycles. The first-order chi connectivity index (χ1) is 11.5. The van der Waals surface area contributed by atoms with Crippen molar-refractivity contribution in [1.82, 2.24) is 0 Å². The lowest BCUT2D eigenvalue weighted by molar-refractivity contribution is 0.300. The van der Waals surface area contributed by atoms with Crippen molar-refractivity contribution in [2.75, 3.05) is 12.4 Å². The van der Waals surface area contributed by atoms with Gasteiger partial charge in [0.25, 0.3) is 5.17 Å². The van der Waals surface area contributed by atoms with E-state index in [0.29, 0.717) is 22.0 Å². The van der Waals surface area contributed by atoms with Crippen LogP contribution < -0.4 is 10.1 Å². The number of hydrogen-bond acceptors (Lipinski definition) is 3. The summed E-state index contributed by atoms with van der Waals surface area (Å²) in [5.74, 6) is 0.131. The zero-order valence-electron chi connectivity index (χ0n) is 13.8. The highest BCUT2D eigenvalue weighted by atomic mass is 35.5. The number of thiocarbonyl (C=S) groups is 1. The van der Waals surface area contributed by atoms with E-state index in [-0.39, 0.29) is 11.8 Å². The Balaban J connectivity index is 2.23. The topological polar surface area (TPSA) is 30.5 Å². The Morgan fingerprint density at radius 2 is 2.08 bits per heavy atom. The average Bonchev–Trinajstić information content (AvgIpc) is 2.56. The van der Waals surface area contributed by atoms with Gasteiger partial charge in [-0.3, -0.25) is 0 Å². The zero-order chi connectivity index (χ0) is 17.7. The Kier molecular flexibility index (Phi) is 6.40. The van der Waals surface area contributed by atoms with E-state index < -0.39 is 5.82 Å². The van der Waals surface area contributed by atoms with Gasteiger partial charge in [0.15, 0.2) is 0 Å². The molecular formula is C18H19ClFNO2S.